The fourth-order valence-electron chi connectivity index (χ4n) is 1.61. The van der Waals surface area contributed by atoms with Crippen LogP contribution in [0.5, 0.6) is 0 Å². The van der Waals surface area contributed by atoms with Crippen LogP contribution in [0.25, 0.3) is 0 Å². The van der Waals surface area contributed by atoms with E-state index in [0.717, 1.165) is 19.3 Å². The molecule has 0 aliphatic rings. The molecule has 0 saturated carbocycles. The Hall–Kier alpha value is -1.59. The number of unbranched alkanes of at least 4 members (excludes halogenated alkanes) is 1. The van der Waals surface area contributed by atoms with Gasteiger partial charge in [-0.1, -0.05) is 26.7 Å². The van der Waals surface area contributed by atoms with E-state index in [2.05, 4.69) is 10.6 Å². The van der Waals surface area contributed by atoms with E-state index in [0.29, 0.717) is 13.0 Å². The Labute approximate surface area is 127 Å². The second-order valence-electron chi connectivity index (χ2n) is 5.96. The SMILES string of the molecule is CCCCC(NC(=O)OC(C)(C)C)C(=O)C(=O)NCCC. The van der Waals surface area contributed by atoms with Gasteiger partial charge in [0.05, 0.1) is 0 Å². The molecule has 0 aromatic rings. The van der Waals surface area contributed by atoms with Crippen LogP contribution in [0.3, 0.4) is 0 Å². The number of amides is 2. The molecule has 2 N–H and O–H groups in total. The van der Waals surface area contributed by atoms with Crippen molar-refractivity contribution >= 4 is 17.8 Å². The van der Waals surface area contributed by atoms with Crippen LogP contribution >= 0.6 is 0 Å². The summed E-state index contributed by atoms with van der Waals surface area (Å²) >= 11 is 0. The van der Waals surface area contributed by atoms with Gasteiger partial charge in [-0.15, -0.1) is 0 Å². The summed E-state index contributed by atoms with van der Waals surface area (Å²) in [6.07, 6.45) is 2.11. The summed E-state index contributed by atoms with van der Waals surface area (Å²) in [4.78, 5) is 35.6. The van der Waals surface area contributed by atoms with Crippen molar-refractivity contribution in [2.45, 2.75) is 71.9 Å². The molecule has 0 spiro atoms. The van der Waals surface area contributed by atoms with Crippen LogP contribution in [0.2, 0.25) is 0 Å². The van der Waals surface area contributed by atoms with Crippen molar-refractivity contribution in [3.05, 3.63) is 0 Å². The van der Waals surface area contributed by atoms with E-state index in [1.165, 1.54) is 0 Å². The maximum Gasteiger partial charge on any atom is 0.408 e. The van der Waals surface area contributed by atoms with Crippen molar-refractivity contribution in [2.24, 2.45) is 0 Å². The van der Waals surface area contributed by atoms with Gasteiger partial charge in [-0.3, -0.25) is 9.59 Å². The normalized spacial score (nSPS) is 12.4. The summed E-state index contributed by atoms with van der Waals surface area (Å²) in [5.74, 6) is -1.28. The number of rotatable bonds is 8. The average molecular weight is 300 g/mol. The van der Waals surface area contributed by atoms with Gasteiger partial charge in [0.1, 0.15) is 11.6 Å². The van der Waals surface area contributed by atoms with Gasteiger partial charge in [-0.25, -0.2) is 4.79 Å². The van der Waals surface area contributed by atoms with E-state index in [9.17, 15) is 14.4 Å². The molecular weight excluding hydrogens is 272 g/mol. The molecule has 0 rings (SSSR count). The van der Waals surface area contributed by atoms with Crippen molar-refractivity contribution in [3.63, 3.8) is 0 Å². The first-order valence-electron chi connectivity index (χ1n) is 7.52. The van der Waals surface area contributed by atoms with E-state index in [1.54, 1.807) is 20.8 Å². The van der Waals surface area contributed by atoms with Gasteiger partial charge in [0, 0.05) is 6.54 Å². The van der Waals surface area contributed by atoms with E-state index < -0.39 is 29.4 Å². The third-order valence-corrected chi connectivity index (χ3v) is 2.61. The Morgan fingerprint density at radius 2 is 1.71 bits per heavy atom. The Balaban J connectivity index is 4.67. The Morgan fingerprint density at radius 1 is 1.10 bits per heavy atom. The second-order valence-corrected chi connectivity index (χ2v) is 5.96. The van der Waals surface area contributed by atoms with Crippen molar-refractivity contribution in [2.75, 3.05) is 6.54 Å². The van der Waals surface area contributed by atoms with Crippen molar-refractivity contribution in [1.82, 2.24) is 10.6 Å². The van der Waals surface area contributed by atoms with Crippen molar-refractivity contribution in [3.8, 4) is 0 Å². The van der Waals surface area contributed by atoms with Gasteiger partial charge >= 0.3 is 6.09 Å². The second kappa shape index (κ2) is 9.37. The largest absolute Gasteiger partial charge is 0.444 e. The highest BCUT2D eigenvalue weighted by Gasteiger charge is 2.28. The van der Waals surface area contributed by atoms with Crippen molar-refractivity contribution in [1.29, 1.82) is 0 Å². The number of hydrogen-bond acceptors (Lipinski definition) is 4. The highest BCUT2D eigenvalue weighted by Crippen LogP contribution is 2.08. The third kappa shape index (κ3) is 9.05. The summed E-state index contributed by atoms with van der Waals surface area (Å²) in [5.41, 5.74) is -0.646. The fourth-order valence-corrected chi connectivity index (χ4v) is 1.61. The predicted octanol–water partition coefficient (Wildman–Crippen LogP) is 2.17. The van der Waals surface area contributed by atoms with E-state index in [4.69, 9.17) is 4.74 Å². The monoisotopic (exact) mass is 300 g/mol. The number of hydrogen-bond donors (Lipinski definition) is 2. The molecule has 2 amide bonds. The minimum atomic E-state index is -0.836. The maximum absolute atomic E-state index is 12.1. The van der Waals surface area contributed by atoms with E-state index in [1.807, 2.05) is 13.8 Å². The topological polar surface area (TPSA) is 84.5 Å². The van der Waals surface area contributed by atoms with Crippen LogP contribution in [0.4, 0.5) is 4.79 Å². The zero-order valence-corrected chi connectivity index (χ0v) is 13.7. The predicted molar refractivity (Wildman–Crippen MR) is 81.0 cm³/mol. The highest BCUT2D eigenvalue weighted by molar-refractivity contribution is 6.38. The first kappa shape index (κ1) is 19.4. The van der Waals surface area contributed by atoms with Gasteiger partial charge in [0.15, 0.2) is 0 Å². The quantitative estimate of drug-likeness (QED) is 0.673. The van der Waals surface area contributed by atoms with Gasteiger partial charge in [0.25, 0.3) is 5.91 Å². The molecular formula is C15H28N2O4. The molecule has 0 aromatic carbocycles. The molecule has 21 heavy (non-hydrogen) atoms. The fraction of sp³-hybridized carbons (Fsp3) is 0.800. The Morgan fingerprint density at radius 3 is 2.19 bits per heavy atom. The number of nitrogens with one attached hydrogen (secondary N) is 2. The highest BCUT2D eigenvalue weighted by atomic mass is 16.6. The van der Waals surface area contributed by atoms with Gasteiger partial charge < -0.3 is 15.4 Å². The lowest BCUT2D eigenvalue weighted by Gasteiger charge is -2.22. The molecule has 0 bridgehead atoms. The van der Waals surface area contributed by atoms with Crippen LogP contribution in [0.15, 0.2) is 0 Å². The molecule has 122 valence electrons. The zero-order valence-electron chi connectivity index (χ0n) is 13.7. The number of carbonyl (C=O) groups excluding carboxylic acids is 3. The van der Waals surface area contributed by atoms with Crippen LogP contribution in [0, 0.1) is 0 Å². The summed E-state index contributed by atoms with van der Waals surface area (Å²) in [6.45, 7) is 9.54. The summed E-state index contributed by atoms with van der Waals surface area (Å²) in [5, 5.41) is 5.02. The van der Waals surface area contributed by atoms with Crippen LogP contribution in [-0.4, -0.2) is 36.0 Å². The molecule has 6 heteroatoms. The van der Waals surface area contributed by atoms with Gasteiger partial charge in [-0.05, 0) is 33.6 Å². The molecule has 1 unspecified atom stereocenters. The Bertz CT molecular complexity index is 361. The van der Waals surface area contributed by atoms with Gasteiger partial charge in [-0.2, -0.15) is 0 Å². The smallest absolute Gasteiger partial charge is 0.408 e. The van der Waals surface area contributed by atoms with Crippen molar-refractivity contribution < 1.29 is 19.1 Å². The number of ketones is 1. The summed E-state index contributed by atoms with van der Waals surface area (Å²) in [6, 6.07) is -0.836. The average Bonchev–Trinajstić information content (AvgIpc) is 2.37. The number of ether oxygens (including phenoxy) is 1. The van der Waals surface area contributed by atoms with Crippen LogP contribution in [0.1, 0.15) is 60.3 Å². The minimum absolute atomic E-state index is 0.425. The first-order chi connectivity index (χ1) is 9.71. The number of carbonyl (C=O) groups is 3. The summed E-state index contributed by atoms with van der Waals surface area (Å²) in [7, 11) is 0. The number of Topliss-reactive ketones (excluding diaryl/α,β-unsaturated/α-hetero) is 1. The lowest BCUT2D eigenvalue weighted by atomic mass is 10.1. The zero-order chi connectivity index (χ0) is 16.5. The molecule has 0 aromatic heterocycles. The molecule has 6 nitrogen and oxygen atoms in total. The molecule has 0 saturated heterocycles. The minimum Gasteiger partial charge on any atom is -0.444 e. The molecule has 0 aliphatic heterocycles. The molecule has 0 aliphatic carbocycles. The molecule has 1 atom stereocenters. The standard InChI is InChI=1S/C15H28N2O4/c1-6-8-9-11(12(18)13(19)16-10-7-2)17-14(20)21-15(3,4)5/h11H,6-10H2,1-5H3,(H,16,19)(H,17,20). The van der Waals surface area contributed by atoms with E-state index >= 15 is 0 Å². The number of alkyl carbamates (subject to hydrolysis) is 1. The third-order valence-electron chi connectivity index (χ3n) is 2.61. The first-order valence-corrected chi connectivity index (χ1v) is 7.52. The molecule has 0 radical (unpaired) electrons. The van der Waals surface area contributed by atoms with E-state index in [-0.39, 0.29) is 0 Å². The molecule has 0 fully saturated rings. The van der Waals surface area contributed by atoms with Gasteiger partial charge in [0.2, 0.25) is 5.78 Å². The molecule has 0 heterocycles. The lowest BCUT2D eigenvalue weighted by molar-refractivity contribution is -0.139. The summed E-state index contributed by atoms with van der Waals surface area (Å²) < 4.78 is 5.13. The van der Waals surface area contributed by atoms with Crippen LogP contribution < -0.4 is 10.6 Å². The lowest BCUT2D eigenvalue weighted by Crippen LogP contribution is -2.48. The van der Waals surface area contributed by atoms with Crippen LogP contribution in [-0.2, 0) is 14.3 Å². The Kier molecular flexibility index (Phi) is 8.66. The maximum atomic E-state index is 12.1.